The summed E-state index contributed by atoms with van der Waals surface area (Å²) in [4.78, 5) is 12.5. The summed E-state index contributed by atoms with van der Waals surface area (Å²) in [7, 11) is 0. The summed E-state index contributed by atoms with van der Waals surface area (Å²) < 4.78 is 43.8. The van der Waals surface area contributed by atoms with E-state index in [9.17, 15) is 18.0 Å². The van der Waals surface area contributed by atoms with E-state index in [4.69, 9.17) is 11.6 Å². The van der Waals surface area contributed by atoms with Crippen LogP contribution in [0.5, 0.6) is 0 Å². The first-order valence-corrected chi connectivity index (χ1v) is 10.3. The van der Waals surface area contributed by atoms with E-state index in [1.165, 1.54) is 5.69 Å². The molecule has 1 aromatic carbocycles. The van der Waals surface area contributed by atoms with Crippen LogP contribution >= 0.6 is 11.6 Å². The maximum absolute atomic E-state index is 14.3. The van der Waals surface area contributed by atoms with Crippen molar-refractivity contribution in [3.63, 3.8) is 0 Å². The highest BCUT2D eigenvalue weighted by molar-refractivity contribution is 6.34. The third kappa shape index (κ3) is 4.44. The Labute approximate surface area is 173 Å². The van der Waals surface area contributed by atoms with Gasteiger partial charge in [-0.1, -0.05) is 18.5 Å². The van der Waals surface area contributed by atoms with Gasteiger partial charge in [0.25, 0.3) is 5.91 Å². The van der Waals surface area contributed by atoms with Crippen molar-refractivity contribution < 1.29 is 18.0 Å². The molecule has 8 heteroatoms. The van der Waals surface area contributed by atoms with Gasteiger partial charge in [-0.15, -0.1) is 0 Å². The molecule has 158 valence electrons. The van der Waals surface area contributed by atoms with Crippen LogP contribution < -0.4 is 5.32 Å². The van der Waals surface area contributed by atoms with E-state index in [1.807, 2.05) is 6.92 Å². The van der Waals surface area contributed by atoms with Gasteiger partial charge in [-0.3, -0.25) is 9.48 Å². The van der Waals surface area contributed by atoms with Gasteiger partial charge in [-0.05, 0) is 57.9 Å². The number of carbonyl (C=O) groups excluding carboxylic acids is 1. The number of carbonyl (C=O) groups is 1. The molecule has 1 aromatic heterocycles. The van der Waals surface area contributed by atoms with E-state index >= 15 is 0 Å². The molecule has 2 aromatic rings. The number of halogens is 4. The van der Waals surface area contributed by atoms with Gasteiger partial charge in [0.2, 0.25) is 0 Å². The minimum atomic E-state index is -1.40. The lowest BCUT2D eigenvalue weighted by Gasteiger charge is -2.29. The average molecular weight is 428 g/mol. The lowest BCUT2D eigenvalue weighted by atomic mass is 9.86. The first-order valence-electron chi connectivity index (χ1n) is 9.89. The van der Waals surface area contributed by atoms with Gasteiger partial charge in [0.05, 0.1) is 16.3 Å². The van der Waals surface area contributed by atoms with Crippen LogP contribution in [-0.4, -0.2) is 21.7 Å². The van der Waals surface area contributed by atoms with Gasteiger partial charge in [0.15, 0.2) is 11.6 Å². The Hall–Kier alpha value is -2.02. The van der Waals surface area contributed by atoms with Crippen molar-refractivity contribution >= 4 is 17.5 Å². The van der Waals surface area contributed by atoms with Gasteiger partial charge < -0.3 is 5.32 Å². The first kappa shape index (κ1) is 21.7. The van der Waals surface area contributed by atoms with Crippen molar-refractivity contribution in [2.24, 2.45) is 5.92 Å². The lowest BCUT2D eigenvalue weighted by molar-refractivity contribution is 0.0915. The smallest absolute Gasteiger partial charge is 0.256 e. The summed E-state index contributed by atoms with van der Waals surface area (Å²) >= 11 is 5.71. The molecule has 1 aliphatic carbocycles. The van der Waals surface area contributed by atoms with Gasteiger partial charge in [-0.2, -0.15) is 5.10 Å². The molecular weight excluding hydrogens is 403 g/mol. The molecular formula is C21H25ClF3N3O. The Balaban J connectivity index is 1.62. The summed E-state index contributed by atoms with van der Waals surface area (Å²) in [6.45, 7) is 5.99. The number of rotatable bonds is 5. The quantitative estimate of drug-likeness (QED) is 0.531. The second-order valence-electron chi connectivity index (χ2n) is 7.76. The standard InChI is InChI=1S/C21H25ClF3N3O/c1-4-15-9-11(2)27-28(15)10-13-5-7-14(8-6-13)26-21(29)16-17(22)20(25)19(24)12(3)18(16)23/h9,13-14H,4-8,10H2,1-3H3,(H,26,29). The van der Waals surface area contributed by atoms with Crippen molar-refractivity contribution in [2.45, 2.75) is 65.5 Å². The topological polar surface area (TPSA) is 46.9 Å². The third-order valence-electron chi connectivity index (χ3n) is 5.67. The molecule has 1 saturated carbocycles. The van der Waals surface area contributed by atoms with Crippen LogP contribution in [0.4, 0.5) is 13.2 Å². The van der Waals surface area contributed by atoms with E-state index in [2.05, 4.69) is 28.1 Å². The van der Waals surface area contributed by atoms with E-state index < -0.39 is 39.5 Å². The summed E-state index contributed by atoms with van der Waals surface area (Å²) in [5.74, 6) is -4.26. The predicted molar refractivity (Wildman–Crippen MR) is 106 cm³/mol. The normalized spacial score (nSPS) is 19.4. The van der Waals surface area contributed by atoms with Crippen molar-refractivity contribution in [3.8, 4) is 0 Å². The monoisotopic (exact) mass is 427 g/mol. The summed E-state index contributed by atoms with van der Waals surface area (Å²) in [6.07, 6.45) is 4.15. The number of hydrogen-bond acceptors (Lipinski definition) is 2. The van der Waals surface area contributed by atoms with E-state index in [1.54, 1.807) is 0 Å². The third-order valence-corrected chi connectivity index (χ3v) is 6.03. The molecule has 0 saturated heterocycles. The summed E-state index contributed by atoms with van der Waals surface area (Å²) in [5, 5.41) is 6.46. The van der Waals surface area contributed by atoms with Crippen molar-refractivity contribution in [1.29, 1.82) is 0 Å². The summed E-state index contributed by atoms with van der Waals surface area (Å²) in [6, 6.07) is 1.93. The van der Waals surface area contributed by atoms with Crippen LogP contribution in [0.25, 0.3) is 0 Å². The fourth-order valence-electron chi connectivity index (χ4n) is 3.98. The van der Waals surface area contributed by atoms with E-state index in [0.29, 0.717) is 5.92 Å². The predicted octanol–water partition coefficient (Wildman–Crippen LogP) is 5.12. The highest BCUT2D eigenvalue weighted by Crippen LogP contribution is 2.30. The number of nitrogens with zero attached hydrogens (tertiary/aromatic N) is 2. The molecule has 1 aliphatic rings. The van der Waals surface area contributed by atoms with Crippen LogP contribution in [0.2, 0.25) is 5.02 Å². The van der Waals surface area contributed by atoms with Crippen molar-refractivity contribution in [1.82, 2.24) is 15.1 Å². The number of hydrogen-bond donors (Lipinski definition) is 1. The molecule has 1 fully saturated rings. The Morgan fingerprint density at radius 3 is 2.45 bits per heavy atom. The number of amides is 1. The lowest BCUT2D eigenvalue weighted by Crippen LogP contribution is -2.39. The molecule has 1 amide bonds. The Morgan fingerprint density at radius 1 is 1.17 bits per heavy atom. The number of aromatic nitrogens is 2. The molecule has 1 heterocycles. The Bertz CT molecular complexity index is 891. The molecule has 0 unspecified atom stereocenters. The van der Waals surface area contributed by atoms with Crippen LogP contribution in [0.15, 0.2) is 6.07 Å². The zero-order valence-electron chi connectivity index (χ0n) is 16.8. The van der Waals surface area contributed by atoms with E-state index in [-0.39, 0.29) is 6.04 Å². The maximum atomic E-state index is 14.3. The number of benzene rings is 1. The van der Waals surface area contributed by atoms with Crippen LogP contribution in [0, 0.1) is 37.2 Å². The minimum absolute atomic E-state index is 0.160. The highest BCUT2D eigenvalue weighted by atomic mass is 35.5. The average Bonchev–Trinajstić information content (AvgIpc) is 3.05. The molecule has 0 aliphatic heterocycles. The Kier molecular flexibility index (Phi) is 6.56. The second-order valence-corrected chi connectivity index (χ2v) is 8.14. The summed E-state index contributed by atoms with van der Waals surface area (Å²) in [5.41, 5.74) is 1.02. The Morgan fingerprint density at radius 2 is 1.83 bits per heavy atom. The highest BCUT2D eigenvalue weighted by Gasteiger charge is 2.29. The van der Waals surface area contributed by atoms with Gasteiger partial charge in [0, 0.05) is 23.8 Å². The van der Waals surface area contributed by atoms with Crippen LogP contribution in [0.1, 0.15) is 59.9 Å². The first-order chi connectivity index (χ1) is 13.7. The van der Waals surface area contributed by atoms with Gasteiger partial charge in [-0.25, -0.2) is 13.2 Å². The molecule has 0 atom stereocenters. The fraction of sp³-hybridized carbons (Fsp3) is 0.524. The largest absolute Gasteiger partial charge is 0.349 e. The van der Waals surface area contributed by atoms with Crippen molar-refractivity contribution in [2.75, 3.05) is 0 Å². The molecule has 0 spiro atoms. The number of aryl methyl sites for hydroxylation is 2. The maximum Gasteiger partial charge on any atom is 0.256 e. The fourth-order valence-corrected chi connectivity index (χ4v) is 4.24. The van der Waals surface area contributed by atoms with Gasteiger partial charge >= 0.3 is 0 Å². The van der Waals surface area contributed by atoms with Crippen LogP contribution in [0.3, 0.4) is 0 Å². The molecule has 3 rings (SSSR count). The molecule has 0 radical (unpaired) electrons. The molecule has 0 bridgehead atoms. The van der Waals surface area contributed by atoms with Crippen molar-refractivity contribution in [3.05, 3.63) is 51.1 Å². The second kappa shape index (κ2) is 8.78. The zero-order valence-corrected chi connectivity index (χ0v) is 17.5. The zero-order chi connectivity index (χ0) is 21.3. The number of nitrogens with one attached hydrogen (secondary N) is 1. The molecule has 1 N–H and O–H groups in total. The van der Waals surface area contributed by atoms with Gasteiger partial charge in [0.1, 0.15) is 5.82 Å². The van der Waals surface area contributed by atoms with Crippen LogP contribution in [-0.2, 0) is 13.0 Å². The molecule has 29 heavy (non-hydrogen) atoms. The van der Waals surface area contributed by atoms with E-state index in [0.717, 1.165) is 51.3 Å². The SMILES string of the molecule is CCc1cc(C)nn1CC1CCC(NC(=O)c2c(F)c(C)c(F)c(F)c2Cl)CC1. The molecule has 4 nitrogen and oxygen atoms in total. The minimum Gasteiger partial charge on any atom is -0.349 e.